The van der Waals surface area contributed by atoms with Crippen molar-refractivity contribution in [2.75, 3.05) is 12.3 Å². The van der Waals surface area contributed by atoms with E-state index < -0.39 is 23.3 Å². The monoisotopic (exact) mass is 505 g/mol. The summed E-state index contributed by atoms with van der Waals surface area (Å²) in [6.07, 6.45) is 0.301. The summed E-state index contributed by atoms with van der Waals surface area (Å²) in [5, 5.41) is 17.2. The largest absolute Gasteiger partial charge is 0.477 e. The molecule has 11 heteroatoms. The smallest absolute Gasteiger partial charge is 0.352 e. The molecule has 3 amide bonds. The lowest BCUT2D eigenvalue weighted by atomic mass is 10.0. The molecule has 33 heavy (non-hydrogen) atoms. The quantitative estimate of drug-likeness (QED) is 0.473. The summed E-state index contributed by atoms with van der Waals surface area (Å²) < 4.78 is 0. The maximum Gasteiger partial charge on any atom is 0.352 e. The first-order valence-electron chi connectivity index (χ1n) is 10.1. The van der Waals surface area contributed by atoms with E-state index in [1.807, 2.05) is 17.5 Å². The highest BCUT2D eigenvalue weighted by atomic mass is 35.5. The topological polar surface area (TPSA) is 116 Å². The summed E-state index contributed by atoms with van der Waals surface area (Å²) in [6.45, 7) is 0.0208. The van der Waals surface area contributed by atoms with E-state index in [4.69, 9.17) is 11.6 Å². The third-order valence-corrected chi connectivity index (χ3v) is 7.73. The molecule has 172 valence electrons. The molecule has 0 bridgehead atoms. The van der Waals surface area contributed by atoms with Crippen LogP contribution in [-0.2, 0) is 32.0 Å². The zero-order chi connectivity index (χ0) is 23.5. The van der Waals surface area contributed by atoms with Crippen molar-refractivity contribution in [2.24, 2.45) is 0 Å². The number of benzene rings is 1. The molecular weight excluding hydrogens is 486 g/mol. The van der Waals surface area contributed by atoms with Crippen LogP contribution in [-0.4, -0.2) is 57.4 Å². The van der Waals surface area contributed by atoms with Gasteiger partial charge in [-0.3, -0.25) is 19.3 Å². The van der Waals surface area contributed by atoms with Crippen molar-refractivity contribution in [2.45, 2.75) is 24.3 Å². The molecule has 0 radical (unpaired) electrons. The highest BCUT2D eigenvalue weighted by Gasteiger charge is 2.54. The van der Waals surface area contributed by atoms with Crippen molar-refractivity contribution in [3.63, 3.8) is 0 Å². The van der Waals surface area contributed by atoms with Gasteiger partial charge in [0.15, 0.2) is 0 Å². The Kier molecular flexibility index (Phi) is 7.06. The fraction of sp³-hybridized carbons (Fsp3) is 0.273. The number of carbonyl (C=O) groups is 4. The van der Waals surface area contributed by atoms with Crippen molar-refractivity contribution in [3.8, 4) is 0 Å². The molecule has 8 nitrogen and oxygen atoms in total. The highest BCUT2D eigenvalue weighted by molar-refractivity contribution is 8.00. The first-order chi connectivity index (χ1) is 15.8. The van der Waals surface area contributed by atoms with Crippen LogP contribution < -0.4 is 10.6 Å². The van der Waals surface area contributed by atoms with Crippen molar-refractivity contribution in [1.29, 1.82) is 0 Å². The second-order valence-corrected chi connectivity index (χ2v) is 10.1. The zero-order valence-corrected chi connectivity index (χ0v) is 19.6. The average Bonchev–Trinajstić information content (AvgIpc) is 3.29. The van der Waals surface area contributed by atoms with Crippen molar-refractivity contribution in [1.82, 2.24) is 15.5 Å². The fourth-order valence-corrected chi connectivity index (χ4v) is 5.85. The van der Waals surface area contributed by atoms with Gasteiger partial charge in [0.25, 0.3) is 5.91 Å². The predicted molar refractivity (Wildman–Crippen MR) is 126 cm³/mol. The molecule has 3 heterocycles. The van der Waals surface area contributed by atoms with E-state index in [9.17, 15) is 24.3 Å². The third kappa shape index (κ3) is 5.23. The molecule has 0 saturated carbocycles. The Morgan fingerprint density at radius 2 is 1.88 bits per heavy atom. The molecule has 1 fully saturated rings. The van der Waals surface area contributed by atoms with Crippen LogP contribution in [0.2, 0.25) is 5.02 Å². The van der Waals surface area contributed by atoms with Gasteiger partial charge >= 0.3 is 5.97 Å². The molecule has 3 N–H and O–H groups in total. The standard InChI is InChI=1S/C22H20ClN3O5S2/c23-14-5-3-12(4-6-14)8-16(27)24-10-13-11-33-21-18(20(29)26(21)19(13)22(30)31)25-17(28)9-15-2-1-7-32-15/h1-7,18,21H,8-11H2,(H,24,27)(H,25,28)(H,30,31)/t18?,21-/m1/s1. The maximum absolute atomic E-state index is 12.7. The molecular formula is C22H20ClN3O5S2. The van der Waals surface area contributed by atoms with Crippen molar-refractivity contribution in [3.05, 3.63) is 68.5 Å². The normalized spacial score (nSPS) is 19.5. The van der Waals surface area contributed by atoms with Crippen LogP contribution in [0.4, 0.5) is 0 Å². The fourth-order valence-electron chi connectivity index (χ4n) is 3.67. The minimum absolute atomic E-state index is 0.0208. The van der Waals surface area contributed by atoms with E-state index in [0.29, 0.717) is 16.3 Å². The number of thioether (sulfide) groups is 1. The second kappa shape index (κ2) is 9.98. The lowest BCUT2D eigenvalue weighted by molar-refractivity contribution is -0.150. The molecule has 0 aliphatic carbocycles. The molecule has 2 atom stereocenters. The number of β-lactam (4-membered cyclic amide) rings is 1. The minimum atomic E-state index is -1.24. The number of thiophene rings is 1. The van der Waals surface area contributed by atoms with E-state index in [1.54, 1.807) is 24.3 Å². The van der Waals surface area contributed by atoms with Crippen LogP contribution in [0, 0.1) is 0 Å². The molecule has 0 spiro atoms. The predicted octanol–water partition coefficient (Wildman–Crippen LogP) is 2.04. The number of nitrogens with zero attached hydrogens (tertiary/aromatic N) is 1. The van der Waals surface area contributed by atoms with Crippen LogP contribution >= 0.6 is 34.7 Å². The first-order valence-corrected chi connectivity index (χ1v) is 12.4. The summed E-state index contributed by atoms with van der Waals surface area (Å²) in [6, 6.07) is 9.80. The molecule has 1 saturated heterocycles. The van der Waals surface area contributed by atoms with Gasteiger partial charge < -0.3 is 15.7 Å². The molecule has 2 aliphatic rings. The van der Waals surface area contributed by atoms with Gasteiger partial charge in [-0.15, -0.1) is 23.1 Å². The Balaban J connectivity index is 1.38. The summed E-state index contributed by atoms with van der Waals surface area (Å²) in [4.78, 5) is 51.3. The number of hydrogen-bond donors (Lipinski definition) is 3. The first kappa shape index (κ1) is 23.3. The summed E-state index contributed by atoms with van der Waals surface area (Å²) >= 11 is 8.67. The van der Waals surface area contributed by atoms with Gasteiger partial charge in [-0.25, -0.2) is 4.79 Å². The number of nitrogens with one attached hydrogen (secondary N) is 2. The Morgan fingerprint density at radius 3 is 2.55 bits per heavy atom. The molecule has 1 aromatic carbocycles. The highest BCUT2D eigenvalue weighted by Crippen LogP contribution is 2.40. The Bertz CT molecular complexity index is 1120. The van der Waals surface area contributed by atoms with E-state index in [1.165, 1.54) is 28.0 Å². The Labute approximate surface area is 203 Å². The third-order valence-electron chi connectivity index (χ3n) is 5.26. The zero-order valence-electron chi connectivity index (χ0n) is 17.2. The van der Waals surface area contributed by atoms with Crippen molar-refractivity contribution >= 4 is 58.4 Å². The van der Waals surface area contributed by atoms with Crippen LogP contribution in [0.25, 0.3) is 0 Å². The second-order valence-electron chi connectivity index (χ2n) is 7.55. The molecule has 1 aromatic heterocycles. The number of hydrogen-bond acceptors (Lipinski definition) is 6. The Hall–Kier alpha value is -2.82. The van der Waals surface area contributed by atoms with Crippen LogP contribution in [0.5, 0.6) is 0 Å². The number of amides is 3. The van der Waals surface area contributed by atoms with Crippen LogP contribution in [0.15, 0.2) is 53.0 Å². The average molecular weight is 506 g/mol. The van der Waals surface area contributed by atoms with Gasteiger partial charge in [0.05, 0.1) is 12.8 Å². The van der Waals surface area contributed by atoms with E-state index in [0.717, 1.165) is 10.4 Å². The van der Waals surface area contributed by atoms with Crippen LogP contribution in [0.3, 0.4) is 0 Å². The lowest BCUT2D eigenvalue weighted by Gasteiger charge is -2.49. The van der Waals surface area contributed by atoms with Crippen molar-refractivity contribution < 1.29 is 24.3 Å². The molecule has 2 aromatic rings. The Morgan fingerprint density at radius 1 is 1.12 bits per heavy atom. The van der Waals surface area contributed by atoms with E-state index >= 15 is 0 Å². The van der Waals surface area contributed by atoms with Crippen LogP contribution in [0.1, 0.15) is 10.4 Å². The minimum Gasteiger partial charge on any atom is -0.477 e. The maximum atomic E-state index is 12.7. The number of rotatable bonds is 8. The van der Waals surface area contributed by atoms with Gasteiger partial charge in [-0.05, 0) is 34.7 Å². The van der Waals surface area contributed by atoms with Gasteiger partial charge in [-0.1, -0.05) is 29.8 Å². The van der Waals surface area contributed by atoms with Gasteiger partial charge in [0.2, 0.25) is 11.8 Å². The van der Waals surface area contributed by atoms with Gasteiger partial charge in [-0.2, -0.15) is 0 Å². The molecule has 1 unspecified atom stereocenters. The number of carbonyl (C=O) groups excluding carboxylic acids is 3. The van der Waals surface area contributed by atoms with E-state index in [-0.39, 0.29) is 36.9 Å². The number of carboxylic acid groups (broad SMARTS) is 1. The number of carboxylic acids is 1. The molecule has 4 rings (SSSR count). The summed E-state index contributed by atoms with van der Waals surface area (Å²) in [5.41, 5.74) is 1.10. The number of halogens is 1. The summed E-state index contributed by atoms with van der Waals surface area (Å²) in [5.74, 6) is -1.92. The lowest BCUT2D eigenvalue weighted by Crippen LogP contribution is -2.70. The van der Waals surface area contributed by atoms with Gasteiger partial charge in [0.1, 0.15) is 17.1 Å². The summed E-state index contributed by atoms with van der Waals surface area (Å²) in [7, 11) is 0. The molecule has 2 aliphatic heterocycles. The SMILES string of the molecule is O=C(Cc1ccc(Cl)cc1)NCC1=C(C(=O)O)N2C(=O)C(NC(=O)Cc3cccs3)[C@H]2SC1. The van der Waals surface area contributed by atoms with Gasteiger partial charge in [0, 0.05) is 22.2 Å². The number of fused-ring (bicyclic) bond motifs is 1. The van der Waals surface area contributed by atoms with E-state index in [2.05, 4.69) is 10.6 Å². The number of aliphatic carboxylic acids is 1.